The van der Waals surface area contributed by atoms with Gasteiger partial charge in [0.25, 0.3) is 0 Å². The van der Waals surface area contributed by atoms with Crippen LogP contribution in [-0.2, 0) is 24.3 Å². The van der Waals surface area contributed by atoms with Gasteiger partial charge < -0.3 is 4.90 Å². The molecule has 1 aromatic carbocycles. The van der Waals surface area contributed by atoms with Crippen molar-refractivity contribution in [3.05, 3.63) is 52.0 Å². The van der Waals surface area contributed by atoms with Crippen LogP contribution in [0.2, 0.25) is 0 Å². The smallest absolute Gasteiger partial charge is 0.244 e. The van der Waals surface area contributed by atoms with Crippen molar-refractivity contribution < 1.29 is 9.18 Å². The number of carbonyl (C=O) groups excluding carboxylic acids is 1. The first kappa shape index (κ1) is 13.3. The van der Waals surface area contributed by atoms with Crippen molar-refractivity contribution >= 4 is 21.8 Å². The lowest BCUT2D eigenvalue weighted by Crippen LogP contribution is -2.38. The summed E-state index contributed by atoms with van der Waals surface area (Å²) >= 11 is 3.44. The molecule has 2 aromatic rings. The van der Waals surface area contributed by atoms with E-state index >= 15 is 0 Å². The van der Waals surface area contributed by atoms with Crippen LogP contribution in [0.4, 0.5) is 4.39 Å². The van der Waals surface area contributed by atoms with Gasteiger partial charge in [-0.2, -0.15) is 5.10 Å². The lowest BCUT2D eigenvalue weighted by molar-refractivity contribution is -0.133. The molecular formula is C14H13BrFN3O. The zero-order valence-corrected chi connectivity index (χ0v) is 12.3. The minimum Gasteiger partial charge on any atom is -0.336 e. The van der Waals surface area contributed by atoms with Gasteiger partial charge in [0.05, 0.1) is 0 Å². The van der Waals surface area contributed by atoms with Gasteiger partial charge in [-0.15, -0.1) is 0 Å². The number of nitrogens with zero attached hydrogens (tertiary/aromatic N) is 3. The Kier molecular flexibility index (Phi) is 3.56. The van der Waals surface area contributed by atoms with Crippen molar-refractivity contribution in [1.29, 1.82) is 0 Å². The molecule has 0 saturated carbocycles. The third-order valence-corrected chi connectivity index (χ3v) is 4.25. The number of rotatable bonds is 2. The minimum atomic E-state index is -0.250. The maximum Gasteiger partial charge on any atom is 0.244 e. The van der Waals surface area contributed by atoms with Gasteiger partial charge >= 0.3 is 0 Å². The van der Waals surface area contributed by atoms with Crippen LogP contribution in [0.15, 0.2) is 35.1 Å². The van der Waals surface area contributed by atoms with E-state index in [4.69, 9.17) is 0 Å². The first-order chi connectivity index (χ1) is 9.65. The third kappa shape index (κ3) is 2.47. The normalized spacial score (nSPS) is 14.2. The van der Waals surface area contributed by atoms with E-state index in [1.54, 1.807) is 34.1 Å². The monoisotopic (exact) mass is 337 g/mol. The fourth-order valence-corrected chi connectivity index (χ4v) is 3.01. The highest BCUT2D eigenvalue weighted by Crippen LogP contribution is 2.28. The second-order valence-electron chi connectivity index (χ2n) is 4.76. The molecule has 0 aliphatic carbocycles. The molecule has 20 heavy (non-hydrogen) atoms. The maximum absolute atomic E-state index is 13.9. The van der Waals surface area contributed by atoms with Crippen LogP contribution in [0.1, 0.15) is 11.1 Å². The van der Waals surface area contributed by atoms with Crippen LogP contribution < -0.4 is 0 Å². The number of carbonyl (C=O) groups is 1. The summed E-state index contributed by atoms with van der Waals surface area (Å²) in [5.74, 6) is -0.293. The lowest BCUT2D eigenvalue weighted by atomic mass is 9.99. The second kappa shape index (κ2) is 5.36. The predicted molar refractivity (Wildman–Crippen MR) is 75.4 cm³/mol. The molecule has 1 amide bonds. The van der Waals surface area contributed by atoms with Crippen molar-refractivity contribution in [3.63, 3.8) is 0 Å². The summed E-state index contributed by atoms with van der Waals surface area (Å²) < 4.78 is 16.4. The summed E-state index contributed by atoms with van der Waals surface area (Å²) in [7, 11) is 0. The lowest BCUT2D eigenvalue weighted by Gasteiger charge is -2.29. The zero-order chi connectivity index (χ0) is 14.1. The number of benzene rings is 1. The molecular weight excluding hydrogens is 325 g/mol. The number of aromatic nitrogens is 2. The summed E-state index contributed by atoms with van der Waals surface area (Å²) in [4.78, 5) is 13.9. The molecule has 0 atom stereocenters. The summed E-state index contributed by atoms with van der Waals surface area (Å²) in [5.41, 5.74) is 1.58. The molecule has 0 N–H and O–H groups in total. The first-order valence-corrected chi connectivity index (χ1v) is 7.15. The van der Waals surface area contributed by atoms with Crippen LogP contribution in [0.3, 0.4) is 0 Å². The summed E-state index contributed by atoms with van der Waals surface area (Å²) in [6.45, 7) is 1.12. The molecule has 2 heterocycles. The Labute approximate surface area is 124 Å². The second-order valence-corrected chi connectivity index (χ2v) is 5.61. The quantitative estimate of drug-likeness (QED) is 0.843. The molecule has 6 heteroatoms. The molecule has 1 aliphatic rings. The Morgan fingerprint density at radius 3 is 3.00 bits per heavy atom. The average Bonchev–Trinajstić information content (AvgIpc) is 2.95. The highest BCUT2D eigenvalue weighted by atomic mass is 79.9. The summed E-state index contributed by atoms with van der Waals surface area (Å²) in [5, 5.41) is 4.01. The fourth-order valence-electron chi connectivity index (χ4n) is 2.44. The molecule has 4 nitrogen and oxygen atoms in total. The van der Waals surface area contributed by atoms with Crippen LogP contribution >= 0.6 is 15.9 Å². The molecule has 0 unspecified atom stereocenters. The Morgan fingerprint density at radius 1 is 1.40 bits per heavy atom. The van der Waals surface area contributed by atoms with E-state index in [0.29, 0.717) is 25.1 Å². The van der Waals surface area contributed by atoms with E-state index < -0.39 is 0 Å². The maximum atomic E-state index is 13.9. The van der Waals surface area contributed by atoms with Crippen LogP contribution in [0.5, 0.6) is 0 Å². The molecule has 0 bridgehead atoms. The molecule has 104 valence electrons. The van der Waals surface area contributed by atoms with Crippen LogP contribution in [-0.4, -0.2) is 27.1 Å². The largest absolute Gasteiger partial charge is 0.336 e. The first-order valence-electron chi connectivity index (χ1n) is 6.36. The Morgan fingerprint density at radius 2 is 2.25 bits per heavy atom. The number of hydrogen-bond acceptors (Lipinski definition) is 2. The van der Waals surface area contributed by atoms with Gasteiger partial charge in [0.15, 0.2) is 0 Å². The molecule has 0 spiro atoms. The third-order valence-electron chi connectivity index (χ3n) is 3.51. The molecule has 1 aromatic heterocycles. The van der Waals surface area contributed by atoms with Crippen molar-refractivity contribution in [2.45, 2.75) is 19.5 Å². The molecule has 0 saturated heterocycles. The average molecular weight is 338 g/mol. The Bertz CT molecular complexity index is 642. The van der Waals surface area contributed by atoms with E-state index in [0.717, 1.165) is 10.0 Å². The fraction of sp³-hybridized carbons (Fsp3) is 0.286. The molecule has 0 fully saturated rings. The Hall–Kier alpha value is -1.69. The Balaban J connectivity index is 1.78. The molecule has 0 radical (unpaired) electrons. The molecule has 3 rings (SSSR count). The zero-order valence-electron chi connectivity index (χ0n) is 10.7. The van der Waals surface area contributed by atoms with Crippen molar-refractivity contribution in [3.8, 4) is 0 Å². The van der Waals surface area contributed by atoms with E-state index in [9.17, 15) is 9.18 Å². The predicted octanol–water partition coefficient (Wildman–Crippen LogP) is 2.37. The summed E-state index contributed by atoms with van der Waals surface area (Å²) in [6, 6.07) is 4.93. The highest BCUT2D eigenvalue weighted by molar-refractivity contribution is 9.10. The topological polar surface area (TPSA) is 38.1 Å². The van der Waals surface area contributed by atoms with E-state index in [1.165, 1.54) is 6.07 Å². The highest BCUT2D eigenvalue weighted by Gasteiger charge is 2.24. The van der Waals surface area contributed by atoms with Crippen LogP contribution in [0.25, 0.3) is 0 Å². The van der Waals surface area contributed by atoms with Gasteiger partial charge in [-0.25, -0.2) is 4.39 Å². The minimum absolute atomic E-state index is 0.0428. The van der Waals surface area contributed by atoms with Gasteiger partial charge in [0.1, 0.15) is 12.4 Å². The number of hydrogen-bond donors (Lipinski definition) is 0. The van der Waals surface area contributed by atoms with Gasteiger partial charge in [-0.3, -0.25) is 9.48 Å². The number of amides is 1. The SMILES string of the molecule is O=C(Cn1cccn1)N1CCc2c(Br)ccc(F)c2C1. The van der Waals surface area contributed by atoms with Gasteiger partial charge in [0, 0.05) is 35.5 Å². The van der Waals surface area contributed by atoms with Crippen LogP contribution in [0, 0.1) is 5.82 Å². The van der Waals surface area contributed by atoms with Crippen molar-refractivity contribution in [2.24, 2.45) is 0 Å². The standard InChI is InChI=1S/C14H13BrFN3O/c15-12-2-3-13(16)11-8-18(7-4-10(11)12)14(20)9-19-6-1-5-17-19/h1-3,5-6H,4,7-9H2. The summed E-state index contributed by atoms with van der Waals surface area (Å²) in [6.07, 6.45) is 4.04. The number of halogens is 2. The van der Waals surface area contributed by atoms with E-state index in [2.05, 4.69) is 21.0 Å². The van der Waals surface area contributed by atoms with E-state index in [-0.39, 0.29) is 18.3 Å². The van der Waals surface area contributed by atoms with E-state index in [1.807, 2.05) is 0 Å². The van der Waals surface area contributed by atoms with Gasteiger partial charge in [0.2, 0.25) is 5.91 Å². The number of fused-ring (bicyclic) bond motifs is 1. The molecule has 1 aliphatic heterocycles. The van der Waals surface area contributed by atoms with Gasteiger partial charge in [-0.05, 0) is 30.2 Å². The van der Waals surface area contributed by atoms with Gasteiger partial charge in [-0.1, -0.05) is 15.9 Å². The van der Waals surface area contributed by atoms with Crippen molar-refractivity contribution in [1.82, 2.24) is 14.7 Å². The van der Waals surface area contributed by atoms with Crippen molar-refractivity contribution in [2.75, 3.05) is 6.54 Å².